The van der Waals surface area contributed by atoms with Gasteiger partial charge in [-0.25, -0.2) is 0 Å². The van der Waals surface area contributed by atoms with Gasteiger partial charge in [-0.3, -0.25) is 4.98 Å². The lowest BCUT2D eigenvalue weighted by Crippen LogP contribution is -2.41. The fourth-order valence-electron chi connectivity index (χ4n) is 3.06. The second-order valence-electron chi connectivity index (χ2n) is 5.47. The fourth-order valence-corrected chi connectivity index (χ4v) is 3.44. The van der Waals surface area contributed by atoms with Gasteiger partial charge in [0.05, 0.1) is 18.3 Å². The number of pyridine rings is 1. The molecule has 0 aliphatic carbocycles. The maximum Gasteiger partial charge on any atom is 0.0940 e. The van der Waals surface area contributed by atoms with Crippen molar-refractivity contribution in [3.8, 4) is 0 Å². The van der Waals surface area contributed by atoms with Gasteiger partial charge in [0.25, 0.3) is 0 Å². The Hall–Kier alpha value is -0.490. The number of ether oxygens (including phenoxy) is 2. The summed E-state index contributed by atoms with van der Waals surface area (Å²) in [4.78, 5) is 4.13. The van der Waals surface area contributed by atoms with Crippen LogP contribution in [-0.2, 0) is 9.47 Å². The highest BCUT2D eigenvalue weighted by molar-refractivity contribution is 9.10. The Morgan fingerprint density at radius 3 is 3.05 bits per heavy atom. The highest BCUT2D eigenvalue weighted by Gasteiger charge is 2.43. The molecule has 2 saturated heterocycles. The third-order valence-corrected chi connectivity index (χ3v) is 4.55. The molecule has 0 bridgehead atoms. The van der Waals surface area contributed by atoms with Crippen LogP contribution in [0.15, 0.2) is 22.9 Å². The zero-order valence-electron chi connectivity index (χ0n) is 10.7. The van der Waals surface area contributed by atoms with E-state index in [-0.39, 0.29) is 11.5 Å². The van der Waals surface area contributed by atoms with Crippen molar-refractivity contribution in [3.63, 3.8) is 0 Å². The Balaban J connectivity index is 1.74. The predicted octanol–water partition coefficient (Wildman–Crippen LogP) is 2.46. The topological polar surface area (TPSA) is 51.6 Å². The SMILES string of the molecule is OC(c1cncc(Br)c1)C1CCOC2(CCOC2)C1. The van der Waals surface area contributed by atoms with E-state index in [1.807, 2.05) is 6.07 Å². The van der Waals surface area contributed by atoms with Gasteiger partial charge in [-0.15, -0.1) is 0 Å². The van der Waals surface area contributed by atoms with Gasteiger partial charge in [0.15, 0.2) is 0 Å². The van der Waals surface area contributed by atoms with Crippen LogP contribution in [0.1, 0.15) is 30.9 Å². The molecule has 19 heavy (non-hydrogen) atoms. The van der Waals surface area contributed by atoms with E-state index >= 15 is 0 Å². The summed E-state index contributed by atoms with van der Waals surface area (Å²) in [6, 6.07) is 1.94. The first-order chi connectivity index (χ1) is 9.19. The van der Waals surface area contributed by atoms with E-state index in [0.717, 1.165) is 35.9 Å². The summed E-state index contributed by atoms with van der Waals surface area (Å²) >= 11 is 3.40. The van der Waals surface area contributed by atoms with Crippen LogP contribution in [0.5, 0.6) is 0 Å². The summed E-state index contributed by atoms with van der Waals surface area (Å²) in [5.41, 5.74) is 0.707. The molecular formula is C14H18BrNO3. The van der Waals surface area contributed by atoms with Crippen LogP contribution in [0.3, 0.4) is 0 Å². The summed E-state index contributed by atoms with van der Waals surface area (Å²) in [6.07, 6.45) is 5.67. The first-order valence-electron chi connectivity index (χ1n) is 6.69. The quantitative estimate of drug-likeness (QED) is 0.906. The lowest BCUT2D eigenvalue weighted by molar-refractivity contribution is -0.117. The molecule has 1 spiro atoms. The van der Waals surface area contributed by atoms with E-state index in [4.69, 9.17) is 9.47 Å². The van der Waals surface area contributed by atoms with Gasteiger partial charge >= 0.3 is 0 Å². The molecule has 2 fully saturated rings. The molecule has 3 unspecified atom stereocenters. The first kappa shape index (κ1) is 13.5. The number of aliphatic hydroxyl groups is 1. The molecule has 1 N–H and O–H groups in total. The van der Waals surface area contributed by atoms with Gasteiger partial charge in [0, 0.05) is 42.1 Å². The molecular weight excluding hydrogens is 310 g/mol. The van der Waals surface area contributed by atoms with Crippen LogP contribution in [-0.4, -0.2) is 35.5 Å². The summed E-state index contributed by atoms with van der Waals surface area (Å²) in [5.74, 6) is 0.214. The summed E-state index contributed by atoms with van der Waals surface area (Å²) in [5, 5.41) is 10.6. The number of hydrogen-bond donors (Lipinski definition) is 1. The van der Waals surface area contributed by atoms with Gasteiger partial charge in [-0.2, -0.15) is 0 Å². The van der Waals surface area contributed by atoms with Crippen molar-refractivity contribution < 1.29 is 14.6 Å². The highest BCUT2D eigenvalue weighted by atomic mass is 79.9. The van der Waals surface area contributed by atoms with Crippen molar-refractivity contribution in [1.82, 2.24) is 4.98 Å². The van der Waals surface area contributed by atoms with Crippen LogP contribution >= 0.6 is 15.9 Å². The van der Waals surface area contributed by atoms with Crippen molar-refractivity contribution >= 4 is 15.9 Å². The smallest absolute Gasteiger partial charge is 0.0940 e. The van der Waals surface area contributed by atoms with Gasteiger partial charge in [-0.05, 0) is 40.8 Å². The second kappa shape index (κ2) is 5.48. The summed E-state index contributed by atoms with van der Waals surface area (Å²) in [6.45, 7) is 2.13. The van der Waals surface area contributed by atoms with Crippen LogP contribution in [0.2, 0.25) is 0 Å². The molecule has 3 rings (SSSR count). The van der Waals surface area contributed by atoms with E-state index in [2.05, 4.69) is 20.9 Å². The average Bonchev–Trinajstić information content (AvgIpc) is 2.86. The predicted molar refractivity (Wildman–Crippen MR) is 73.7 cm³/mol. The molecule has 0 aromatic carbocycles. The fraction of sp³-hybridized carbons (Fsp3) is 0.643. The van der Waals surface area contributed by atoms with E-state index in [1.165, 1.54) is 0 Å². The Bertz CT molecular complexity index is 448. The Morgan fingerprint density at radius 1 is 1.42 bits per heavy atom. The number of nitrogens with zero attached hydrogens (tertiary/aromatic N) is 1. The molecule has 0 saturated carbocycles. The van der Waals surface area contributed by atoms with Crippen molar-refractivity contribution in [3.05, 3.63) is 28.5 Å². The van der Waals surface area contributed by atoms with Crippen molar-refractivity contribution in [2.24, 2.45) is 5.92 Å². The van der Waals surface area contributed by atoms with Gasteiger partial charge in [-0.1, -0.05) is 0 Å². The van der Waals surface area contributed by atoms with Gasteiger partial charge in [0.2, 0.25) is 0 Å². The number of halogens is 1. The second-order valence-corrected chi connectivity index (χ2v) is 6.38. The summed E-state index contributed by atoms with van der Waals surface area (Å²) in [7, 11) is 0. The Morgan fingerprint density at radius 2 is 2.32 bits per heavy atom. The summed E-state index contributed by atoms with van der Waals surface area (Å²) < 4.78 is 12.3. The Labute approximate surface area is 121 Å². The maximum atomic E-state index is 10.6. The monoisotopic (exact) mass is 327 g/mol. The molecule has 1 aromatic rings. The van der Waals surface area contributed by atoms with Crippen LogP contribution in [0, 0.1) is 5.92 Å². The third-order valence-electron chi connectivity index (χ3n) is 4.11. The number of aromatic nitrogens is 1. The van der Waals surface area contributed by atoms with E-state index in [1.54, 1.807) is 12.4 Å². The molecule has 3 atom stereocenters. The highest BCUT2D eigenvalue weighted by Crippen LogP contribution is 2.41. The van der Waals surface area contributed by atoms with Crippen LogP contribution < -0.4 is 0 Å². The minimum absolute atomic E-state index is 0.163. The zero-order chi connectivity index (χ0) is 13.3. The lowest BCUT2D eigenvalue weighted by atomic mass is 9.80. The number of aliphatic hydroxyl groups excluding tert-OH is 1. The first-order valence-corrected chi connectivity index (χ1v) is 7.48. The maximum absolute atomic E-state index is 10.6. The lowest BCUT2D eigenvalue weighted by Gasteiger charge is -2.39. The standard InChI is InChI=1S/C14H18BrNO3/c15-12-5-11(7-16-8-12)13(17)10-1-3-19-14(6-10)2-4-18-9-14/h5,7-8,10,13,17H,1-4,6,9H2. The third kappa shape index (κ3) is 2.84. The minimum atomic E-state index is -0.480. The van der Waals surface area contributed by atoms with Crippen molar-refractivity contribution in [2.75, 3.05) is 19.8 Å². The van der Waals surface area contributed by atoms with Gasteiger partial charge < -0.3 is 14.6 Å². The molecule has 0 radical (unpaired) electrons. The normalized spacial score (nSPS) is 32.6. The Kier molecular flexibility index (Phi) is 3.89. The average molecular weight is 328 g/mol. The molecule has 2 aliphatic rings. The van der Waals surface area contributed by atoms with Gasteiger partial charge in [0.1, 0.15) is 0 Å². The molecule has 5 heteroatoms. The molecule has 104 valence electrons. The van der Waals surface area contributed by atoms with E-state index in [0.29, 0.717) is 13.2 Å². The van der Waals surface area contributed by atoms with E-state index < -0.39 is 6.10 Å². The van der Waals surface area contributed by atoms with Crippen LogP contribution in [0.4, 0.5) is 0 Å². The minimum Gasteiger partial charge on any atom is -0.388 e. The van der Waals surface area contributed by atoms with Crippen molar-refractivity contribution in [1.29, 1.82) is 0 Å². The molecule has 1 aromatic heterocycles. The largest absolute Gasteiger partial charge is 0.388 e. The molecule has 0 amide bonds. The van der Waals surface area contributed by atoms with Crippen molar-refractivity contribution in [2.45, 2.75) is 31.0 Å². The molecule has 4 nitrogen and oxygen atoms in total. The van der Waals surface area contributed by atoms with E-state index in [9.17, 15) is 5.11 Å². The number of hydrogen-bond acceptors (Lipinski definition) is 4. The number of rotatable bonds is 2. The van der Waals surface area contributed by atoms with Crippen LogP contribution in [0.25, 0.3) is 0 Å². The molecule has 2 aliphatic heterocycles. The zero-order valence-corrected chi connectivity index (χ0v) is 12.3. The molecule has 3 heterocycles.